The lowest BCUT2D eigenvalue weighted by molar-refractivity contribution is 0.469. The highest BCUT2D eigenvalue weighted by atomic mass is 32.2. The molecule has 112 valence electrons. The average molecular weight is 322 g/mol. The summed E-state index contributed by atoms with van der Waals surface area (Å²) < 4.78 is 56.4. The molecule has 0 amide bonds. The molecule has 0 spiro atoms. The molecule has 0 saturated carbocycles. The van der Waals surface area contributed by atoms with Crippen LogP contribution in [0.5, 0.6) is 0 Å². The Morgan fingerprint density at radius 2 is 1.44 bits per heavy atom. The third-order valence-corrected chi connectivity index (χ3v) is 5.21. The second-order valence-electron chi connectivity index (χ2n) is 3.59. The highest BCUT2D eigenvalue weighted by Gasteiger charge is 2.12. The maximum absolute atomic E-state index is 10.4. The highest BCUT2D eigenvalue weighted by Crippen LogP contribution is 2.02. The van der Waals surface area contributed by atoms with Gasteiger partial charge in [0.1, 0.15) is 17.3 Å². The molecular formula is C9H22O6S3. The monoisotopic (exact) mass is 322 g/mol. The Kier molecular flexibility index (Phi) is 11.4. The van der Waals surface area contributed by atoms with Crippen molar-refractivity contribution < 1.29 is 25.9 Å². The first kappa shape index (κ1) is 20.5. The summed E-state index contributed by atoms with van der Waals surface area (Å²) in [7, 11) is -7.19. The SMILES string of the molecule is CC[S+](CC)CCCCS(=O)(=O)O.CS(=O)(=O)[O-]. The number of hydrogen-bond acceptors (Lipinski definition) is 5. The van der Waals surface area contributed by atoms with E-state index in [1.54, 1.807) is 0 Å². The fraction of sp³-hybridized carbons (Fsp3) is 1.00. The largest absolute Gasteiger partial charge is 0.748 e. The van der Waals surface area contributed by atoms with Gasteiger partial charge in [-0.15, -0.1) is 0 Å². The minimum atomic E-state index is -3.92. The van der Waals surface area contributed by atoms with Gasteiger partial charge >= 0.3 is 0 Å². The van der Waals surface area contributed by atoms with E-state index in [1.807, 2.05) is 0 Å². The lowest BCUT2D eigenvalue weighted by atomic mass is 10.4. The molecule has 0 rings (SSSR count). The molecule has 0 aromatic carbocycles. The van der Waals surface area contributed by atoms with Gasteiger partial charge < -0.3 is 4.55 Å². The summed E-state index contributed by atoms with van der Waals surface area (Å²) in [6, 6.07) is 0. The molecule has 0 aliphatic rings. The van der Waals surface area contributed by atoms with E-state index in [0.29, 0.717) is 23.6 Å². The third kappa shape index (κ3) is 25.1. The van der Waals surface area contributed by atoms with Crippen molar-refractivity contribution >= 4 is 31.1 Å². The summed E-state index contributed by atoms with van der Waals surface area (Å²) in [6.45, 7) is 4.32. The van der Waals surface area contributed by atoms with Crippen LogP contribution in [0.3, 0.4) is 0 Å². The summed E-state index contributed by atoms with van der Waals surface area (Å²) in [4.78, 5) is 0. The lowest BCUT2D eigenvalue weighted by Crippen LogP contribution is -2.14. The third-order valence-electron chi connectivity index (χ3n) is 1.90. The molecule has 0 unspecified atom stereocenters. The van der Waals surface area contributed by atoms with Crippen molar-refractivity contribution in [1.29, 1.82) is 0 Å². The van der Waals surface area contributed by atoms with Gasteiger partial charge in [0.15, 0.2) is 0 Å². The predicted octanol–water partition coefficient (Wildman–Crippen LogP) is 0.474. The van der Waals surface area contributed by atoms with Crippen LogP contribution in [0.1, 0.15) is 26.7 Å². The van der Waals surface area contributed by atoms with Crippen molar-refractivity contribution in [3.8, 4) is 0 Å². The second kappa shape index (κ2) is 10.0. The molecule has 0 aliphatic heterocycles. The Bertz CT molecular complexity index is 375. The fourth-order valence-electron chi connectivity index (χ4n) is 1.08. The van der Waals surface area contributed by atoms with Crippen molar-refractivity contribution in [3.05, 3.63) is 0 Å². The number of hydrogen-bond donors (Lipinski definition) is 1. The van der Waals surface area contributed by atoms with Gasteiger partial charge in [0.05, 0.1) is 15.9 Å². The molecule has 0 aromatic rings. The van der Waals surface area contributed by atoms with Gasteiger partial charge in [0.25, 0.3) is 10.1 Å². The first-order chi connectivity index (χ1) is 7.99. The lowest BCUT2D eigenvalue weighted by Gasteiger charge is -2.02. The van der Waals surface area contributed by atoms with Crippen LogP contribution in [0.2, 0.25) is 0 Å². The van der Waals surface area contributed by atoms with E-state index in [4.69, 9.17) is 17.5 Å². The van der Waals surface area contributed by atoms with Crippen LogP contribution in [-0.4, -0.2) is 55.2 Å². The van der Waals surface area contributed by atoms with Crippen LogP contribution in [0.4, 0.5) is 0 Å². The highest BCUT2D eigenvalue weighted by molar-refractivity contribution is 7.96. The van der Waals surface area contributed by atoms with Gasteiger partial charge in [0, 0.05) is 6.26 Å². The summed E-state index contributed by atoms with van der Waals surface area (Å²) in [5.74, 6) is 3.38. The molecule has 0 aromatic heterocycles. The van der Waals surface area contributed by atoms with Crippen LogP contribution in [0.25, 0.3) is 0 Å². The zero-order valence-electron chi connectivity index (χ0n) is 11.0. The molecule has 6 nitrogen and oxygen atoms in total. The van der Waals surface area contributed by atoms with E-state index in [9.17, 15) is 8.42 Å². The number of rotatable bonds is 7. The molecule has 0 bridgehead atoms. The maximum atomic E-state index is 10.4. The van der Waals surface area contributed by atoms with Crippen molar-refractivity contribution in [2.75, 3.05) is 29.3 Å². The fourth-order valence-corrected chi connectivity index (χ4v) is 3.25. The van der Waals surface area contributed by atoms with Crippen LogP contribution in [0, 0.1) is 0 Å². The summed E-state index contributed by atoms with van der Waals surface area (Å²) in [6.07, 6.45) is 2.10. The molecule has 0 atom stereocenters. The normalized spacial score (nSPS) is 12.1. The summed E-state index contributed by atoms with van der Waals surface area (Å²) in [5.41, 5.74) is 0. The van der Waals surface area contributed by atoms with E-state index in [-0.39, 0.29) is 5.75 Å². The van der Waals surface area contributed by atoms with Crippen molar-refractivity contribution in [1.82, 2.24) is 0 Å². The van der Waals surface area contributed by atoms with Gasteiger partial charge in [-0.3, -0.25) is 4.55 Å². The van der Waals surface area contributed by atoms with Crippen LogP contribution < -0.4 is 0 Å². The standard InChI is InChI=1S/C8H18O3S2.CH4O3S/c1-3-12(4-2)7-5-6-8-13(9,10)11;1-5(2,3)4/h3-8H2,1-2H3;1H3,(H,2,3,4). The Morgan fingerprint density at radius 3 is 1.72 bits per heavy atom. The van der Waals surface area contributed by atoms with Crippen LogP contribution >= 0.6 is 0 Å². The Hall–Kier alpha value is 0.170. The molecule has 1 N–H and O–H groups in total. The Balaban J connectivity index is 0. The second-order valence-corrected chi connectivity index (χ2v) is 9.36. The van der Waals surface area contributed by atoms with Gasteiger partial charge in [-0.25, -0.2) is 8.42 Å². The summed E-state index contributed by atoms with van der Waals surface area (Å²) >= 11 is 0. The van der Waals surface area contributed by atoms with Gasteiger partial charge in [-0.1, -0.05) is 0 Å². The predicted molar refractivity (Wildman–Crippen MR) is 74.6 cm³/mol. The molecule has 9 heteroatoms. The molecular weight excluding hydrogens is 300 g/mol. The molecule has 0 radical (unpaired) electrons. The van der Waals surface area contributed by atoms with E-state index in [1.165, 1.54) is 11.5 Å². The topological polar surface area (TPSA) is 112 Å². The van der Waals surface area contributed by atoms with Crippen molar-refractivity contribution in [2.24, 2.45) is 0 Å². The minimum Gasteiger partial charge on any atom is -0.748 e. The van der Waals surface area contributed by atoms with E-state index >= 15 is 0 Å². The first-order valence-corrected chi connectivity index (χ1v) is 10.7. The van der Waals surface area contributed by atoms with Crippen molar-refractivity contribution in [2.45, 2.75) is 26.7 Å². The molecule has 0 saturated heterocycles. The molecule has 0 aliphatic carbocycles. The van der Waals surface area contributed by atoms with Gasteiger partial charge in [0.2, 0.25) is 0 Å². The summed E-state index contributed by atoms with van der Waals surface area (Å²) in [5, 5.41) is 0. The van der Waals surface area contributed by atoms with Gasteiger partial charge in [-0.05, 0) is 37.6 Å². The molecule has 0 fully saturated rings. The molecule has 0 heterocycles. The van der Waals surface area contributed by atoms with Crippen molar-refractivity contribution in [3.63, 3.8) is 0 Å². The number of unbranched alkanes of at least 4 members (excludes halogenated alkanes) is 1. The van der Waals surface area contributed by atoms with Crippen LogP contribution in [0.15, 0.2) is 0 Å². The van der Waals surface area contributed by atoms with E-state index in [2.05, 4.69) is 13.8 Å². The zero-order chi connectivity index (χ0) is 14.8. The Labute approximate surface area is 113 Å². The molecule has 18 heavy (non-hydrogen) atoms. The van der Waals surface area contributed by atoms with Gasteiger partial charge in [-0.2, -0.15) is 8.42 Å². The van der Waals surface area contributed by atoms with E-state index < -0.39 is 20.2 Å². The zero-order valence-corrected chi connectivity index (χ0v) is 13.4. The maximum Gasteiger partial charge on any atom is 0.264 e. The smallest absolute Gasteiger partial charge is 0.264 e. The first-order valence-electron chi connectivity index (χ1n) is 5.49. The quantitative estimate of drug-likeness (QED) is 0.414. The minimum absolute atomic E-state index is 0.0857. The average Bonchev–Trinajstić information content (AvgIpc) is 2.14. The van der Waals surface area contributed by atoms with E-state index in [0.717, 1.165) is 12.2 Å². The Morgan fingerprint density at radius 1 is 1.06 bits per heavy atom. The van der Waals surface area contributed by atoms with Crippen LogP contribution in [-0.2, 0) is 31.1 Å².